The van der Waals surface area contributed by atoms with E-state index in [9.17, 15) is 0 Å². The zero-order valence-electron chi connectivity index (χ0n) is 13.4. The Hall–Kier alpha value is -1.12. The second kappa shape index (κ2) is 9.73. The molecule has 0 aliphatic carbocycles. The lowest BCUT2D eigenvalue weighted by atomic mass is 10.0. The Morgan fingerprint density at radius 3 is 2.50 bits per heavy atom. The van der Waals surface area contributed by atoms with Crippen molar-refractivity contribution >= 4 is 0 Å². The van der Waals surface area contributed by atoms with Crippen LogP contribution in [0.3, 0.4) is 0 Å². The Morgan fingerprint density at radius 1 is 1.20 bits per heavy atom. The first-order chi connectivity index (χ1) is 9.69. The van der Waals surface area contributed by atoms with Crippen molar-refractivity contribution in [3.05, 3.63) is 48.0 Å². The molecule has 1 aromatic rings. The molecular formula is C18H30N2. The van der Waals surface area contributed by atoms with Crippen LogP contribution in [-0.2, 0) is 13.0 Å². The van der Waals surface area contributed by atoms with Crippen LogP contribution >= 0.6 is 0 Å². The van der Waals surface area contributed by atoms with Crippen LogP contribution in [0.1, 0.15) is 38.3 Å². The maximum absolute atomic E-state index is 3.87. The molecule has 1 N–H and O–H groups in total. The van der Waals surface area contributed by atoms with E-state index in [1.165, 1.54) is 17.5 Å². The topological polar surface area (TPSA) is 15.3 Å². The van der Waals surface area contributed by atoms with Crippen LogP contribution in [0.4, 0.5) is 0 Å². The number of hydrogen-bond donors (Lipinski definition) is 1. The third-order valence-corrected chi connectivity index (χ3v) is 3.58. The summed E-state index contributed by atoms with van der Waals surface area (Å²) in [7, 11) is 0. The Kier molecular flexibility index (Phi) is 8.24. The highest BCUT2D eigenvalue weighted by Crippen LogP contribution is 2.14. The first kappa shape index (κ1) is 16.9. The molecule has 2 heteroatoms. The van der Waals surface area contributed by atoms with E-state index in [1.54, 1.807) is 0 Å². The fourth-order valence-corrected chi connectivity index (χ4v) is 2.32. The number of nitrogens with one attached hydrogen (secondary N) is 1. The predicted octanol–water partition coefficient (Wildman–Crippen LogP) is 3.63. The summed E-state index contributed by atoms with van der Waals surface area (Å²) < 4.78 is 0. The highest BCUT2D eigenvalue weighted by molar-refractivity contribution is 5.27. The lowest BCUT2D eigenvalue weighted by molar-refractivity contribution is 0.237. The summed E-state index contributed by atoms with van der Waals surface area (Å²) >= 11 is 0. The van der Waals surface area contributed by atoms with Gasteiger partial charge in [-0.15, -0.1) is 6.58 Å². The van der Waals surface area contributed by atoms with Crippen molar-refractivity contribution in [2.45, 2.75) is 46.2 Å². The standard InChI is InChI=1S/C18H30N2/c1-5-12-19-13-11-17-9-7-8-10-18(17)15-20(14-6-2)16(3)4/h6-10,16,19H,2,5,11-15H2,1,3-4H3. The van der Waals surface area contributed by atoms with Crippen LogP contribution in [0.2, 0.25) is 0 Å². The highest BCUT2D eigenvalue weighted by Gasteiger charge is 2.10. The molecule has 0 saturated heterocycles. The molecule has 0 saturated carbocycles. The summed E-state index contributed by atoms with van der Waals surface area (Å²) in [6, 6.07) is 9.35. The molecule has 2 nitrogen and oxygen atoms in total. The van der Waals surface area contributed by atoms with Gasteiger partial charge in [-0.1, -0.05) is 37.3 Å². The third kappa shape index (κ3) is 5.89. The third-order valence-electron chi connectivity index (χ3n) is 3.58. The summed E-state index contributed by atoms with van der Waals surface area (Å²) in [5.41, 5.74) is 2.91. The van der Waals surface area contributed by atoms with E-state index < -0.39 is 0 Å². The molecule has 1 aromatic carbocycles. The molecule has 0 heterocycles. The van der Waals surface area contributed by atoms with Crippen LogP contribution in [-0.4, -0.2) is 30.6 Å². The lowest BCUT2D eigenvalue weighted by Crippen LogP contribution is -2.31. The molecule has 0 amide bonds. The van der Waals surface area contributed by atoms with Crippen molar-refractivity contribution in [2.24, 2.45) is 0 Å². The van der Waals surface area contributed by atoms with Gasteiger partial charge in [-0.3, -0.25) is 4.90 Å². The number of hydrogen-bond acceptors (Lipinski definition) is 2. The van der Waals surface area contributed by atoms with Crippen LogP contribution in [0.5, 0.6) is 0 Å². The Labute approximate surface area is 124 Å². The van der Waals surface area contributed by atoms with Gasteiger partial charge >= 0.3 is 0 Å². The fourth-order valence-electron chi connectivity index (χ4n) is 2.32. The number of nitrogens with zero attached hydrogens (tertiary/aromatic N) is 1. The van der Waals surface area contributed by atoms with E-state index in [1.807, 2.05) is 6.08 Å². The molecule has 0 radical (unpaired) electrons. The van der Waals surface area contributed by atoms with Crippen molar-refractivity contribution in [3.63, 3.8) is 0 Å². The van der Waals surface area contributed by atoms with E-state index in [4.69, 9.17) is 0 Å². The summed E-state index contributed by atoms with van der Waals surface area (Å²) in [5.74, 6) is 0. The number of rotatable bonds is 10. The quantitative estimate of drug-likeness (QED) is 0.518. The van der Waals surface area contributed by atoms with Gasteiger partial charge in [0.2, 0.25) is 0 Å². The van der Waals surface area contributed by atoms with Gasteiger partial charge in [0.1, 0.15) is 0 Å². The molecule has 0 aliphatic rings. The zero-order valence-corrected chi connectivity index (χ0v) is 13.4. The van der Waals surface area contributed by atoms with Gasteiger partial charge in [-0.2, -0.15) is 0 Å². The first-order valence-corrected chi connectivity index (χ1v) is 7.81. The van der Waals surface area contributed by atoms with Crippen LogP contribution in [0.15, 0.2) is 36.9 Å². The maximum atomic E-state index is 3.87. The minimum Gasteiger partial charge on any atom is -0.316 e. The average Bonchev–Trinajstić information content (AvgIpc) is 2.44. The van der Waals surface area contributed by atoms with E-state index in [2.05, 4.69) is 61.8 Å². The second-order valence-corrected chi connectivity index (χ2v) is 5.58. The van der Waals surface area contributed by atoms with Crippen LogP contribution < -0.4 is 5.32 Å². The van der Waals surface area contributed by atoms with E-state index in [-0.39, 0.29) is 0 Å². The molecule has 20 heavy (non-hydrogen) atoms. The summed E-state index contributed by atoms with van der Waals surface area (Å²) in [5, 5.41) is 3.48. The minimum atomic E-state index is 0.541. The minimum absolute atomic E-state index is 0.541. The van der Waals surface area contributed by atoms with Gasteiger partial charge in [0.05, 0.1) is 0 Å². The SMILES string of the molecule is C=CCN(Cc1ccccc1CCNCCC)C(C)C. The lowest BCUT2D eigenvalue weighted by Gasteiger charge is -2.26. The zero-order chi connectivity index (χ0) is 14.8. The molecule has 0 fully saturated rings. The van der Waals surface area contributed by atoms with Crippen LogP contribution in [0, 0.1) is 0 Å². The smallest absolute Gasteiger partial charge is 0.0242 e. The number of benzene rings is 1. The van der Waals surface area contributed by atoms with E-state index in [0.29, 0.717) is 6.04 Å². The molecule has 0 aromatic heterocycles. The summed E-state index contributed by atoms with van der Waals surface area (Å²) in [4.78, 5) is 2.45. The second-order valence-electron chi connectivity index (χ2n) is 5.58. The van der Waals surface area contributed by atoms with Gasteiger partial charge in [0.15, 0.2) is 0 Å². The van der Waals surface area contributed by atoms with Gasteiger partial charge in [-0.05, 0) is 50.9 Å². The summed E-state index contributed by atoms with van der Waals surface area (Å²) in [6.45, 7) is 14.7. The van der Waals surface area contributed by atoms with Gasteiger partial charge in [-0.25, -0.2) is 0 Å². The Bertz CT molecular complexity index is 385. The molecule has 0 bridgehead atoms. The van der Waals surface area contributed by atoms with E-state index >= 15 is 0 Å². The van der Waals surface area contributed by atoms with Gasteiger partial charge in [0, 0.05) is 19.1 Å². The predicted molar refractivity (Wildman–Crippen MR) is 89.0 cm³/mol. The average molecular weight is 274 g/mol. The first-order valence-electron chi connectivity index (χ1n) is 7.81. The Balaban J connectivity index is 2.65. The van der Waals surface area contributed by atoms with Crippen LogP contribution in [0.25, 0.3) is 0 Å². The maximum Gasteiger partial charge on any atom is 0.0242 e. The van der Waals surface area contributed by atoms with Crippen molar-refractivity contribution < 1.29 is 0 Å². The molecule has 0 spiro atoms. The monoisotopic (exact) mass is 274 g/mol. The van der Waals surface area contributed by atoms with Crippen molar-refractivity contribution in [1.82, 2.24) is 10.2 Å². The molecule has 0 unspecified atom stereocenters. The molecule has 112 valence electrons. The van der Waals surface area contributed by atoms with Crippen molar-refractivity contribution in [1.29, 1.82) is 0 Å². The van der Waals surface area contributed by atoms with Crippen molar-refractivity contribution in [3.8, 4) is 0 Å². The summed E-state index contributed by atoms with van der Waals surface area (Å²) in [6.07, 6.45) is 4.30. The fraction of sp³-hybridized carbons (Fsp3) is 0.556. The van der Waals surface area contributed by atoms with E-state index in [0.717, 1.165) is 32.6 Å². The molecule has 1 rings (SSSR count). The van der Waals surface area contributed by atoms with Gasteiger partial charge in [0.25, 0.3) is 0 Å². The highest BCUT2D eigenvalue weighted by atomic mass is 15.1. The van der Waals surface area contributed by atoms with Crippen molar-refractivity contribution in [2.75, 3.05) is 19.6 Å². The molecule has 0 atom stereocenters. The molecular weight excluding hydrogens is 244 g/mol. The van der Waals surface area contributed by atoms with Gasteiger partial charge < -0.3 is 5.32 Å². The Morgan fingerprint density at radius 2 is 1.90 bits per heavy atom. The molecule has 0 aliphatic heterocycles. The largest absolute Gasteiger partial charge is 0.316 e. The normalized spacial score (nSPS) is 11.2.